The molecule has 0 saturated heterocycles. The van der Waals surface area contributed by atoms with Crippen molar-refractivity contribution in [2.45, 2.75) is 27.0 Å². The third kappa shape index (κ3) is 3.33. The van der Waals surface area contributed by atoms with Gasteiger partial charge in [0.1, 0.15) is 6.23 Å². The molecule has 124 valence electrons. The lowest BCUT2D eigenvalue weighted by atomic mass is 10.1. The Kier molecular flexibility index (Phi) is 4.66. The molecule has 0 radical (unpaired) electrons. The molecule has 24 heavy (non-hydrogen) atoms. The van der Waals surface area contributed by atoms with Crippen molar-refractivity contribution < 1.29 is 9.13 Å². The van der Waals surface area contributed by atoms with E-state index in [9.17, 15) is 4.39 Å². The Morgan fingerprint density at radius 1 is 1.12 bits per heavy atom. The predicted molar refractivity (Wildman–Crippen MR) is 89.7 cm³/mol. The van der Waals surface area contributed by atoms with Gasteiger partial charge in [0.2, 0.25) is 5.95 Å². The summed E-state index contributed by atoms with van der Waals surface area (Å²) in [6.07, 6.45) is 2.93. The van der Waals surface area contributed by atoms with E-state index in [4.69, 9.17) is 4.74 Å². The molecule has 0 saturated carbocycles. The highest BCUT2D eigenvalue weighted by atomic mass is 19.1. The average molecular weight is 326 g/mol. The molecule has 0 aliphatic rings. The fraction of sp³-hybridized carbons (Fsp3) is 0.278. The van der Waals surface area contributed by atoms with Gasteiger partial charge >= 0.3 is 0 Å². The van der Waals surface area contributed by atoms with Gasteiger partial charge in [-0.3, -0.25) is 4.98 Å². The molecule has 5 nitrogen and oxygen atoms in total. The summed E-state index contributed by atoms with van der Waals surface area (Å²) in [4.78, 5) is 7.83. The van der Waals surface area contributed by atoms with Crippen LogP contribution in [0.3, 0.4) is 0 Å². The van der Waals surface area contributed by atoms with Crippen LogP contribution < -0.4 is 0 Å². The summed E-state index contributed by atoms with van der Waals surface area (Å²) in [5.41, 5.74) is 4.15. The molecule has 0 aliphatic heterocycles. The fourth-order valence-corrected chi connectivity index (χ4v) is 2.61. The van der Waals surface area contributed by atoms with E-state index < -0.39 is 5.95 Å². The Hall–Kier alpha value is -2.60. The van der Waals surface area contributed by atoms with Crippen molar-refractivity contribution in [2.75, 3.05) is 6.61 Å². The number of hydrogen-bond donors (Lipinski definition) is 0. The molecule has 0 aromatic carbocycles. The van der Waals surface area contributed by atoms with Crippen molar-refractivity contribution in [3.63, 3.8) is 0 Å². The Morgan fingerprint density at radius 3 is 2.58 bits per heavy atom. The van der Waals surface area contributed by atoms with E-state index in [2.05, 4.69) is 15.1 Å². The maximum Gasteiger partial charge on any atom is 0.213 e. The van der Waals surface area contributed by atoms with E-state index in [-0.39, 0.29) is 6.23 Å². The lowest BCUT2D eigenvalue weighted by molar-refractivity contribution is 0.0174. The van der Waals surface area contributed by atoms with Crippen LogP contribution in [0, 0.1) is 12.9 Å². The van der Waals surface area contributed by atoms with Crippen LogP contribution in [0.5, 0.6) is 0 Å². The SMILES string of the molecule is CCOC(C)n1nc(-c2ccnc(C)c2)cc1-c1ccnc(F)c1. The number of nitrogens with zero attached hydrogens (tertiary/aromatic N) is 4. The minimum atomic E-state index is -0.523. The van der Waals surface area contributed by atoms with Gasteiger partial charge in [0, 0.05) is 41.9 Å². The third-order valence-electron chi connectivity index (χ3n) is 3.70. The van der Waals surface area contributed by atoms with Crippen LogP contribution in [0.1, 0.15) is 25.8 Å². The summed E-state index contributed by atoms with van der Waals surface area (Å²) in [6.45, 7) is 6.34. The Morgan fingerprint density at radius 2 is 1.88 bits per heavy atom. The van der Waals surface area contributed by atoms with Gasteiger partial charge in [-0.15, -0.1) is 0 Å². The van der Waals surface area contributed by atoms with Gasteiger partial charge in [-0.1, -0.05) is 0 Å². The van der Waals surface area contributed by atoms with E-state index in [0.717, 1.165) is 22.6 Å². The number of halogens is 1. The summed E-state index contributed by atoms with van der Waals surface area (Å²) in [5, 5.41) is 4.67. The smallest absolute Gasteiger partial charge is 0.213 e. The van der Waals surface area contributed by atoms with Gasteiger partial charge in [0.15, 0.2) is 0 Å². The first-order valence-corrected chi connectivity index (χ1v) is 7.84. The van der Waals surface area contributed by atoms with Crippen molar-refractivity contribution in [1.29, 1.82) is 0 Å². The molecule has 0 aliphatic carbocycles. The van der Waals surface area contributed by atoms with Gasteiger partial charge in [0.25, 0.3) is 0 Å². The highest BCUT2D eigenvalue weighted by molar-refractivity contribution is 5.68. The fourth-order valence-electron chi connectivity index (χ4n) is 2.61. The van der Waals surface area contributed by atoms with Gasteiger partial charge in [-0.25, -0.2) is 9.67 Å². The molecular weight excluding hydrogens is 307 g/mol. The van der Waals surface area contributed by atoms with Crippen LogP contribution in [-0.2, 0) is 4.74 Å². The van der Waals surface area contributed by atoms with E-state index in [1.54, 1.807) is 16.9 Å². The first-order chi connectivity index (χ1) is 11.6. The highest BCUT2D eigenvalue weighted by Crippen LogP contribution is 2.29. The van der Waals surface area contributed by atoms with Crippen LogP contribution in [-0.4, -0.2) is 26.4 Å². The van der Waals surface area contributed by atoms with E-state index in [1.807, 2.05) is 39.0 Å². The number of hydrogen-bond acceptors (Lipinski definition) is 4. The van der Waals surface area contributed by atoms with Crippen LogP contribution in [0.15, 0.2) is 42.7 Å². The summed E-state index contributed by atoms with van der Waals surface area (Å²) in [6, 6.07) is 8.96. The number of aryl methyl sites for hydroxylation is 1. The van der Waals surface area contributed by atoms with Crippen LogP contribution in [0.25, 0.3) is 22.5 Å². The minimum Gasteiger partial charge on any atom is -0.357 e. The summed E-state index contributed by atoms with van der Waals surface area (Å²) in [7, 11) is 0. The number of aromatic nitrogens is 4. The van der Waals surface area contributed by atoms with E-state index >= 15 is 0 Å². The van der Waals surface area contributed by atoms with Crippen molar-refractivity contribution in [2.24, 2.45) is 0 Å². The second kappa shape index (κ2) is 6.88. The van der Waals surface area contributed by atoms with Gasteiger partial charge < -0.3 is 4.74 Å². The quantitative estimate of drug-likeness (QED) is 0.665. The zero-order chi connectivity index (χ0) is 17.1. The molecule has 3 aromatic heterocycles. The molecule has 3 rings (SSSR count). The third-order valence-corrected chi connectivity index (χ3v) is 3.70. The van der Waals surface area contributed by atoms with Crippen molar-refractivity contribution in [3.8, 4) is 22.5 Å². The standard InChI is InChI=1S/C18H19FN4O/c1-4-24-13(3)23-17(15-6-8-21-18(19)10-15)11-16(22-23)14-5-7-20-12(2)9-14/h5-11,13H,4H2,1-3H3. The zero-order valence-electron chi connectivity index (χ0n) is 13.9. The Labute approximate surface area is 140 Å². The Balaban J connectivity index is 2.12. The Bertz CT molecular complexity index is 847. The molecule has 0 N–H and O–H groups in total. The largest absolute Gasteiger partial charge is 0.357 e. The second-order valence-electron chi connectivity index (χ2n) is 5.47. The topological polar surface area (TPSA) is 52.8 Å². The molecule has 0 fully saturated rings. The minimum absolute atomic E-state index is 0.266. The summed E-state index contributed by atoms with van der Waals surface area (Å²) in [5.74, 6) is -0.523. The summed E-state index contributed by atoms with van der Waals surface area (Å²) < 4.78 is 21.0. The van der Waals surface area contributed by atoms with Gasteiger partial charge in [-0.2, -0.15) is 9.49 Å². The molecule has 1 atom stereocenters. The first-order valence-electron chi connectivity index (χ1n) is 7.84. The molecule has 6 heteroatoms. The molecule has 0 amide bonds. The lowest BCUT2D eigenvalue weighted by Crippen LogP contribution is -2.12. The molecule has 0 spiro atoms. The normalized spacial score (nSPS) is 12.3. The van der Waals surface area contributed by atoms with E-state index in [1.165, 1.54) is 12.3 Å². The average Bonchev–Trinajstić information content (AvgIpc) is 3.00. The molecule has 3 aromatic rings. The predicted octanol–water partition coefficient (Wildman–Crippen LogP) is 4.01. The van der Waals surface area contributed by atoms with Gasteiger partial charge in [-0.05, 0) is 45.0 Å². The van der Waals surface area contributed by atoms with Crippen LogP contribution in [0.4, 0.5) is 4.39 Å². The maximum absolute atomic E-state index is 13.5. The monoisotopic (exact) mass is 326 g/mol. The first kappa shape index (κ1) is 16.3. The molecule has 1 unspecified atom stereocenters. The lowest BCUT2D eigenvalue weighted by Gasteiger charge is -2.15. The molecule has 3 heterocycles. The van der Waals surface area contributed by atoms with Crippen LogP contribution in [0.2, 0.25) is 0 Å². The van der Waals surface area contributed by atoms with Crippen molar-refractivity contribution in [3.05, 3.63) is 54.4 Å². The highest BCUT2D eigenvalue weighted by Gasteiger charge is 2.17. The van der Waals surface area contributed by atoms with Crippen molar-refractivity contribution >= 4 is 0 Å². The number of ether oxygens (including phenoxy) is 1. The van der Waals surface area contributed by atoms with Crippen molar-refractivity contribution in [1.82, 2.24) is 19.7 Å². The molecule has 0 bridgehead atoms. The van der Waals surface area contributed by atoms with Crippen LogP contribution >= 0.6 is 0 Å². The zero-order valence-corrected chi connectivity index (χ0v) is 13.9. The summed E-state index contributed by atoms with van der Waals surface area (Å²) >= 11 is 0. The van der Waals surface area contributed by atoms with E-state index in [0.29, 0.717) is 12.2 Å². The molecular formula is C18H19FN4O. The number of pyridine rings is 2. The maximum atomic E-state index is 13.5. The second-order valence-corrected chi connectivity index (χ2v) is 5.47. The number of rotatable bonds is 5. The van der Waals surface area contributed by atoms with Gasteiger partial charge in [0.05, 0.1) is 11.4 Å².